The van der Waals surface area contributed by atoms with Gasteiger partial charge in [-0.1, -0.05) is 25.2 Å². The molecule has 1 spiro atoms. The molecular weight excluding hydrogens is 364 g/mol. The van der Waals surface area contributed by atoms with Gasteiger partial charge in [-0.15, -0.1) is 0 Å². The summed E-state index contributed by atoms with van der Waals surface area (Å²) < 4.78 is 5.83. The Hall–Kier alpha value is -1.58. The third-order valence-corrected chi connectivity index (χ3v) is 9.68. The van der Waals surface area contributed by atoms with Crippen LogP contribution in [0, 0.1) is 34.0 Å². The van der Waals surface area contributed by atoms with Crippen LogP contribution in [0.4, 0.5) is 0 Å². The van der Waals surface area contributed by atoms with E-state index in [0.29, 0.717) is 29.2 Å². The highest BCUT2D eigenvalue weighted by Gasteiger charge is 2.67. The number of carbonyl (C=O) groups is 2. The molecule has 4 aliphatic carbocycles. The number of hydrogen-bond acceptors (Lipinski definition) is 3. The van der Waals surface area contributed by atoms with Crippen LogP contribution >= 0.6 is 0 Å². The second-order valence-electron chi connectivity index (χ2n) is 10.8. The van der Waals surface area contributed by atoms with Crippen molar-refractivity contribution in [2.45, 2.75) is 85.2 Å². The summed E-state index contributed by atoms with van der Waals surface area (Å²) >= 11 is 0. The predicted octanol–water partition coefficient (Wildman–Crippen LogP) is 5.53. The number of carbonyl (C=O) groups excluding carboxylic acids is 1. The Kier molecular flexibility index (Phi) is 4.79. The molecule has 0 aromatic carbocycles. The fourth-order valence-corrected chi connectivity index (χ4v) is 8.06. The van der Waals surface area contributed by atoms with Crippen molar-refractivity contribution in [3.63, 3.8) is 0 Å². The molecule has 0 saturated heterocycles. The van der Waals surface area contributed by atoms with E-state index >= 15 is 0 Å². The topological polar surface area (TPSA) is 63.6 Å². The molecule has 7 atom stereocenters. The van der Waals surface area contributed by atoms with Crippen molar-refractivity contribution in [1.29, 1.82) is 0 Å². The van der Waals surface area contributed by atoms with Gasteiger partial charge in [-0.3, -0.25) is 4.79 Å². The molecule has 1 N–H and O–H groups in total. The quantitative estimate of drug-likeness (QED) is 0.384. The third kappa shape index (κ3) is 2.77. The molecular formula is C25H36O4. The molecule has 4 saturated carbocycles. The van der Waals surface area contributed by atoms with E-state index in [1.54, 1.807) is 19.9 Å². The Morgan fingerprint density at radius 2 is 1.86 bits per heavy atom. The minimum absolute atomic E-state index is 0.0144. The largest absolute Gasteiger partial charge is 0.481 e. The Bertz CT molecular complexity index is 782. The molecule has 0 amide bonds. The van der Waals surface area contributed by atoms with E-state index < -0.39 is 17.5 Å². The molecule has 4 aliphatic rings. The fraction of sp³-hybridized carbons (Fsp3) is 0.760. The van der Waals surface area contributed by atoms with E-state index in [1.165, 1.54) is 24.8 Å². The first kappa shape index (κ1) is 20.7. The Labute approximate surface area is 174 Å². The first-order valence-electron chi connectivity index (χ1n) is 11.3. The second-order valence-corrected chi connectivity index (χ2v) is 10.8. The highest BCUT2D eigenvalue weighted by molar-refractivity contribution is 5.88. The summed E-state index contributed by atoms with van der Waals surface area (Å²) in [4.78, 5) is 25.1. The van der Waals surface area contributed by atoms with Crippen LogP contribution in [0.1, 0.15) is 79.1 Å². The summed E-state index contributed by atoms with van der Waals surface area (Å²) in [6.07, 6.45) is 9.51. The maximum atomic E-state index is 12.7. The number of hydrogen-bond donors (Lipinski definition) is 1. The van der Waals surface area contributed by atoms with Gasteiger partial charge >= 0.3 is 11.9 Å². The van der Waals surface area contributed by atoms with Crippen molar-refractivity contribution in [3.05, 3.63) is 23.8 Å². The summed E-state index contributed by atoms with van der Waals surface area (Å²) in [7, 11) is 0. The molecule has 0 aromatic heterocycles. The van der Waals surface area contributed by atoms with E-state index in [9.17, 15) is 14.7 Å². The van der Waals surface area contributed by atoms with Crippen LogP contribution in [0.15, 0.2) is 23.8 Å². The van der Waals surface area contributed by atoms with Crippen LogP contribution in [0.3, 0.4) is 0 Å². The van der Waals surface area contributed by atoms with Crippen molar-refractivity contribution < 1.29 is 19.4 Å². The van der Waals surface area contributed by atoms with E-state index in [2.05, 4.69) is 13.5 Å². The molecule has 4 heteroatoms. The highest BCUT2D eigenvalue weighted by atomic mass is 16.5. The molecule has 4 rings (SSSR count). The zero-order valence-electron chi connectivity index (χ0n) is 18.4. The summed E-state index contributed by atoms with van der Waals surface area (Å²) in [6, 6.07) is 0. The smallest absolute Gasteiger partial charge is 0.333 e. The lowest BCUT2D eigenvalue weighted by Gasteiger charge is -2.64. The monoisotopic (exact) mass is 400 g/mol. The van der Waals surface area contributed by atoms with Crippen LogP contribution in [-0.2, 0) is 14.3 Å². The van der Waals surface area contributed by atoms with Crippen molar-refractivity contribution in [2.75, 3.05) is 0 Å². The van der Waals surface area contributed by atoms with Crippen LogP contribution in [-0.4, -0.2) is 23.1 Å². The first-order valence-corrected chi connectivity index (χ1v) is 11.3. The van der Waals surface area contributed by atoms with Gasteiger partial charge in [0.2, 0.25) is 0 Å². The van der Waals surface area contributed by atoms with Crippen molar-refractivity contribution in [1.82, 2.24) is 0 Å². The molecule has 160 valence electrons. The van der Waals surface area contributed by atoms with E-state index in [-0.39, 0.29) is 17.3 Å². The molecule has 0 aromatic rings. The Morgan fingerprint density at radius 1 is 1.14 bits per heavy atom. The van der Waals surface area contributed by atoms with Crippen molar-refractivity contribution in [3.8, 4) is 0 Å². The van der Waals surface area contributed by atoms with Crippen molar-refractivity contribution in [2.24, 2.45) is 34.0 Å². The number of ether oxygens (including phenoxy) is 1. The predicted molar refractivity (Wildman–Crippen MR) is 112 cm³/mol. The van der Waals surface area contributed by atoms with Gasteiger partial charge < -0.3 is 9.84 Å². The van der Waals surface area contributed by atoms with Crippen LogP contribution in [0.25, 0.3) is 0 Å². The van der Waals surface area contributed by atoms with Crippen LogP contribution < -0.4 is 0 Å². The zero-order chi connectivity index (χ0) is 21.2. The number of esters is 1. The normalized spacial score (nSPS) is 46.6. The SMILES string of the molecule is C=C1C[C@@]23CCC4[C@@](C)(CC[C@@H](OC(=O)/C(C)=C\C)[C@@]4(C)C(=O)O)C2CC[C@@H]1C3. The summed E-state index contributed by atoms with van der Waals surface area (Å²) in [6.45, 7) is 12.1. The number of allylic oxidation sites excluding steroid dienone is 2. The minimum Gasteiger partial charge on any atom is -0.481 e. The molecule has 4 nitrogen and oxygen atoms in total. The lowest BCUT2D eigenvalue weighted by molar-refractivity contribution is -0.211. The number of carboxylic acid groups (broad SMARTS) is 1. The lowest BCUT2D eigenvalue weighted by atomic mass is 9.40. The summed E-state index contributed by atoms with van der Waals surface area (Å²) in [5.41, 5.74) is 1.25. The van der Waals surface area contributed by atoms with Crippen LogP contribution in [0.2, 0.25) is 0 Å². The molecule has 0 heterocycles. The van der Waals surface area contributed by atoms with Gasteiger partial charge in [0.25, 0.3) is 0 Å². The van der Waals surface area contributed by atoms with E-state index in [0.717, 1.165) is 25.7 Å². The number of aliphatic carboxylic acids is 1. The van der Waals surface area contributed by atoms with Gasteiger partial charge in [0.05, 0.1) is 0 Å². The average molecular weight is 401 g/mol. The van der Waals surface area contributed by atoms with Gasteiger partial charge in [0, 0.05) is 5.57 Å². The zero-order valence-corrected chi connectivity index (χ0v) is 18.4. The molecule has 2 unspecified atom stereocenters. The van der Waals surface area contributed by atoms with Gasteiger partial charge in [0.1, 0.15) is 11.5 Å². The van der Waals surface area contributed by atoms with Crippen molar-refractivity contribution >= 4 is 11.9 Å². The first-order chi connectivity index (χ1) is 13.6. The van der Waals surface area contributed by atoms with Gasteiger partial charge in [-0.05, 0) is 101 Å². The number of rotatable bonds is 3. The van der Waals surface area contributed by atoms with Gasteiger partial charge in [0.15, 0.2) is 0 Å². The molecule has 2 bridgehead atoms. The molecule has 0 aliphatic heterocycles. The maximum Gasteiger partial charge on any atom is 0.333 e. The minimum atomic E-state index is -1.04. The highest BCUT2D eigenvalue weighted by Crippen LogP contribution is 2.72. The second kappa shape index (κ2) is 6.72. The molecule has 0 radical (unpaired) electrons. The number of fused-ring (bicyclic) bond motifs is 3. The number of carboxylic acids is 1. The van der Waals surface area contributed by atoms with E-state index in [4.69, 9.17) is 4.74 Å². The molecule has 4 fully saturated rings. The average Bonchev–Trinajstić information content (AvgIpc) is 2.91. The summed E-state index contributed by atoms with van der Waals surface area (Å²) in [5, 5.41) is 10.4. The summed E-state index contributed by atoms with van der Waals surface area (Å²) in [5.74, 6) is 0.0690. The third-order valence-electron chi connectivity index (χ3n) is 9.68. The van der Waals surface area contributed by atoms with E-state index in [1.807, 2.05) is 6.92 Å². The Morgan fingerprint density at radius 3 is 2.52 bits per heavy atom. The Balaban J connectivity index is 1.68. The standard InChI is InChI=1S/C25H36O4/c1-6-15(2)21(26)29-20-10-11-23(4)18(24(20,5)22(27)28)9-12-25-13-16(3)17(14-25)7-8-19(23)25/h6,17-20H,3,7-14H2,1-2,4-5H3,(H,27,28)/b15-6-/t17-,18?,19?,20-,23-,24+,25-/m1/s1. The van der Waals surface area contributed by atoms with Gasteiger partial charge in [-0.25, -0.2) is 4.79 Å². The molecule has 29 heavy (non-hydrogen) atoms. The maximum absolute atomic E-state index is 12.7. The lowest BCUT2D eigenvalue weighted by Crippen LogP contribution is -2.63. The fourth-order valence-electron chi connectivity index (χ4n) is 8.06. The van der Waals surface area contributed by atoms with Crippen LogP contribution in [0.5, 0.6) is 0 Å². The van der Waals surface area contributed by atoms with Gasteiger partial charge in [-0.2, -0.15) is 0 Å².